The van der Waals surface area contributed by atoms with Gasteiger partial charge in [-0.15, -0.1) is 0 Å². The van der Waals surface area contributed by atoms with Crippen LogP contribution in [0.5, 0.6) is 17.2 Å². The maximum Gasteiger partial charge on any atom is 0.311 e. The van der Waals surface area contributed by atoms with Crippen LogP contribution in [0.2, 0.25) is 0 Å². The summed E-state index contributed by atoms with van der Waals surface area (Å²) in [5.74, 6) is -0.0239. The SMILES string of the molecule is COc1ccc(C=NNC(=O)C(=Cc2ccc3c(c2)OCO3)NC(=O)c2ccccc2)cc1[N+](=O)[O-]. The van der Waals surface area contributed by atoms with Crippen LogP contribution in [0.15, 0.2) is 77.5 Å². The fraction of sp³-hybridized carbons (Fsp3) is 0.0800. The monoisotopic (exact) mass is 488 g/mol. The standard InChI is InChI=1S/C25H20N4O7/c1-34-21-9-8-17(12-20(21)29(32)33)14-26-28-25(31)19(27-24(30)18-5-3-2-4-6-18)11-16-7-10-22-23(13-16)36-15-35-22/h2-14H,15H2,1H3,(H,27,30)(H,28,31). The van der Waals surface area contributed by atoms with Gasteiger partial charge in [-0.25, -0.2) is 5.43 Å². The number of nitrogens with one attached hydrogen (secondary N) is 2. The Morgan fingerprint density at radius 3 is 2.53 bits per heavy atom. The largest absolute Gasteiger partial charge is 0.490 e. The maximum atomic E-state index is 12.9. The van der Waals surface area contributed by atoms with Gasteiger partial charge in [-0.3, -0.25) is 19.7 Å². The van der Waals surface area contributed by atoms with Crippen molar-refractivity contribution in [1.29, 1.82) is 0 Å². The number of nitro groups is 1. The van der Waals surface area contributed by atoms with Crippen LogP contribution in [-0.2, 0) is 4.79 Å². The Morgan fingerprint density at radius 2 is 1.78 bits per heavy atom. The van der Waals surface area contributed by atoms with E-state index in [0.717, 1.165) is 0 Å². The normalized spacial score (nSPS) is 12.3. The van der Waals surface area contributed by atoms with Gasteiger partial charge in [0.2, 0.25) is 6.79 Å². The van der Waals surface area contributed by atoms with E-state index in [9.17, 15) is 19.7 Å². The molecule has 1 aliphatic heterocycles. The number of hydrogen-bond donors (Lipinski definition) is 2. The minimum atomic E-state index is -0.712. The summed E-state index contributed by atoms with van der Waals surface area (Å²) in [6, 6.07) is 17.7. The Balaban J connectivity index is 1.56. The third-order valence-corrected chi connectivity index (χ3v) is 5.02. The average molecular weight is 488 g/mol. The molecule has 0 bridgehead atoms. The number of carbonyl (C=O) groups is 2. The average Bonchev–Trinajstić information content (AvgIpc) is 3.36. The number of nitro benzene ring substituents is 1. The molecule has 0 radical (unpaired) electrons. The molecule has 0 saturated carbocycles. The molecule has 3 aromatic carbocycles. The van der Waals surface area contributed by atoms with Gasteiger partial charge in [-0.2, -0.15) is 5.10 Å². The number of hydrogen-bond acceptors (Lipinski definition) is 8. The first-order valence-corrected chi connectivity index (χ1v) is 10.6. The molecule has 4 rings (SSSR count). The van der Waals surface area contributed by atoms with Crippen molar-refractivity contribution in [3.8, 4) is 17.2 Å². The summed E-state index contributed by atoms with van der Waals surface area (Å²) >= 11 is 0. The van der Waals surface area contributed by atoms with Gasteiger partial charge in [0.25, 0.3) is 11.8 Å². The topological polar surface area (TPSA) is 141 Å². The molecule has 0 unspecified atom stereocenters. The molecule has 1 heterocycles. The second-order valence-electron chi connectivity index (χ2n) is 7.38. The summed E-state index contributed by atoms with van der Waals surface area (Å²) < 4.78 is 15.6. The number of carbonyl (C=O) groups excluding carboxylic acids is 2. The van der Waals surface area contributed by atoms with Gasteiger partial charge in [0, 0.05) is 17.2 Å². The summed E-state index contributed by atoms with van der Waals surface area (Å²) in [6.07, 6.45) is 2.70. The third-order valence-electron chi connectivity index (χ3n) is 5.02. The van der Waals surface area contributed by atoms with Crippen LogP contribution < -0.4 is 25.0 Å². The lowest BCUT2D eigenvalue weighted by atomic mass is 10.1. The molecule has 0 aromatic heterocycles. The van der Waals surface area contributed by atoms with Crippen LogP contribution in [0, 0.1) is 10.1 Å². The number of nitrogens with zero attached hydrogens (tertiary/aromatic N) is 2. The lowest BCUT2D eigenvalue weighted by Gasteiger charge is -2.09. The predicted octanol–water partition coefficient (Wildman–Crippen LogP) is 3.25. The summed E-state index contributed by atoms with van der Waals surface area (Å²) in [5, 5.41) is 17.7. The van der Waals surface area contributed by atoms with E-state index in [2.05, 4.69) is 15.8 Å². The van der Waals surface area contributed by atoms with Gasteiger partial charge in [0.1, 0.15) is 5.70 Å². The van der Waals surface area contributed by atoms with Crippen LogP contribution >= 0.6 is 0 Å². The molecule has 1 aliphatic rings. The first kappa shape index (κ1) is 24.0. The van der Waals surface area contributed by atoms with E-state index in [-0.39, 0.29) is 23.9 Å². The van der Waals surface area contributed by atoms with Gasteiger partial charge in [0.05, 0.1) is 18.2 Å². The Morgan fingerprint density at radius 1 is 1.03 bits per heavy atom. The number of fused-ring (bicyclic) bond motifs is 1. The number of hydrazone groups is 1. The molecule has 0 aliphatic carbocycles. The van der Waals surface area contributed by atoms with Gasteiger partial charge < -0.3 is 19.5 Å². The van der Waals surface area contributed by atoms with Crippen molar-refractivity contribution >= 4 is 29.8 Å². The summed E-state index contributed by atoms with van der Waals surface area (Å²) in [4.78, 5) is 36.3. The van der Waals surface area contributed by atoms with Crippen molar-refractivity contribution in [2.24, 2.45) is 5.10 Å². The third kappa shape index (κ3) is 5.65. The molecule has 11 nitrogen and oxygen atoms in total. The number of benzene rings is 3. The van der Waals surface area contributed by atoms with Crippen LogP contribution in [0.1, 0.15) is 21.5 Å². The molecule has 3 aromatic rings. The molecule has 2 N–H and O–H groups in total. The smallest absolute Gasteiger partial charge is 0.311 e. The zero-order valence-corrected chi connectivity index (χ0v) is 19.0. The summed E-state index contributed by atoms with van der Waals surface area (Å²) in [7, 11) is 1.33. The molecule has 11 heteroatoms. The Bertz CT molecular complexity index is 1370. The first-order chi connectivity index (χ1) is 17.4. The second-order valence-corrected chi connectivity index (χ2v) is 7.38. The van der Waals surface area contributed by atoms with Crippen molar-refractivity contribution < 1.29 is 28.7 Å². The molecule has 182 valence electrons. The van der Waals surface area contributed by atoms with E-state index < -0.39 is 16.7 Å². The van der Waals surface area contributed by atoms with Gasteiger partial charge in [0.15, 0.2) is 17.2 Å². The highest BCUT2D eigenvalue weighted by Crippen LogP contribution is 2.33. The quantitative estimate of drug-likeness (QED) is 0.215. The van der Waals surface area contributed by atoms with Gasteiger partial charge >= 0.3 is 5.69 Å². The molecule has 2 amide bonds. The summed E-state index contributed by atoms with van der Waals surface area (Å²) in [5.41, 5.74) is 3.29. The van der Waals surface area contributed by atoms with E-state index in [1.165, 1.54) is 31.5 Å². The molecule has 0 atom stereocenters. The first-order valence-electron chi connectivity index (χ1n) is 10.6. The fourth-order valence-corrected chi connectivity index (χ4v) is 3.27. The zero-order valence-electron chi connectivity index (χ0n) is 19.0. The lowest BCUT2D eigenvalue weighted by Crippen LogP contribution is -2.32. The Kier molecular flexibility index (Phi) is 7.20. The van der Waals surface area contributed by atoms with Crippen LogP contribution in [0.25, 0.3) is 6.08 Å². The van der Waals surface area contributed by atoms with Crippen LogP contribution in [0.3, 0.4) is 0 Å². The Labute approximate surface area is 205 Å². The fourth-order valence-electron chi connectivity index (χ4n) is 3.27. The number of methoxy groups -OCH3 is 1. The second kappa shape index (κ2) is 10.8. The van der Waals surface area contributed by atoms with Crippen molar-refractivity contribution in [3.05, 3.63) is 99.2 Å². The van der Waals surface area contributed by atoms with Crippen molar-refractivity contribution in [1.82, 2.24) is 10.7 Å². The van der Waals surface area contributed by atoms with Crippen LogP contribution in [-0.4, -0.2) is 36.9 Å². The maximum absolute atomic E-state index is 12.9. The van der Waals surface area contributed by atoms with Gasteiger partial charge in [-0.05, 0) is 48.0 Å². The molecular formula is C25H20N4O7. The van der Waals surface area contributed by atoms with Crippen LogP contribution in [0.4, 0.5) is 5.69 Å². The zero-order chi connectivity index (χ0) is 25.5. The molecule has 36 heavy (non-hydrogen) atoms. The number of ether oxygens (including phenoxy) is 3. The van der Waals surface area contributed by atoms with Crippen molar-refractivity contribution in [3.63, 3.8) is 0 Å². The molecule has 0 fully saturated rings. The molecular weight excluding hydrogens is 468 g/mol. The van der Waals surface area contributed by atoms with E-state index in [1.54, 1.807) is 54.6 Å². The molecule has 0 saturated heterocycles. The van der Waals surface area contributed by atoms with Crippen molar-refractivity contribution in [2.45, 2.75) is 0 Å². The minimum Gasteiger partial charge on any atom is -0.490 e. The van der Waals surface area contributed by atoms with E-state index in [1.807, 2.05) is 0 Å². The predicted molar refractivity (Wildman–Crippen MR) is 130 cm³/mol. The number of amides is 2. The van der Waals surface area contributed by atoms with E-state index in [0.29, 0.717) is 28.2 Å². The van der Waals surface area contributed by atoms with E-state index in [4.69, 9.17) is 14.2 Å². The Hall–Kier alpha value is -5.19. The summed E-state index contributed by atoms with van der Waals surface area (Å²) in [6.45, 7) is 0.0961. The highest BCUT2D eigenvalue weighted by atomic mass is 16.7. The van der Waals surface area contributed by atoms with E-state index >= 15 is 0 Å². The minimum absolute atomic E-state index is 0.0828. The van der Waals surface area contributed by atoms with Gasteiger partial charge in [-0.1, -0.05) is 24.3 Å². The number of rotatable bonds is 8. The van der Waals surface area contributed by atoms with Crippen molar-refractivity contribution in [2.75, 3.05) is 13.9 Å². The lowest BCUT2D eigenvalue weighted by molar-refractivity contribution is -0.385. The highest BCUT2D eigenvalue weighted by molar-refractivity contribution is 6.05. The highest BCUT2D eigenvalue weighted by Gasteiger charge is 2.17. The molecule has 0 spiro atoms.